The number of nitrogens with zero attached hydrogens (tertiary/aromatic N) is 3. The molecule has 0 atom stereocenters. The van der Waals surface area contributed by atoms with Gasteiger partial charge in [-0.05, 0) is 156 Å². The van der Waals surface area contributed by atoms with E-state index in [1.807, 2.05) is 22.7 Å². The zero-order chi connectivity index (χ0) is 52.3. The van der Waals surface area contributed by atoms with Crippen LogP contribution in [0.4, 0.5) is 34.1 Å². The molecule has 0 saturated carbocycles. The molecule has 0 radical (unpaired) electrons. The minimum atomic E-state index is -0.0512. The zero-order valence-corrected chi connectivity index (χ0v) is 47.4. The van der Waals surface area contributed by atoms with Crippen molar-refractivity contribution in [2.75, 3.05) is 9.80 Å². The Labute approximate surface area is 455 Å². The number of thiophene rings is 2. The second-order valence-corrected chi connectivity index (χ2v) is 28.4. The first-order valence-electron chi connectivity index (χ1n) is 27.3. The average molecular weight is 1020 g/mol. The lowest BCUT2D eigenvalue weighted by Gasteiger charge is -2.44. The highest BCUT2D eigenvalue weighted by molar-refractivity contribution is 7.33. The van der Waals surface area contributed by atoms with Crippen LogP contribution in [-0.2, 0) is 21.7 Å². The molecule has 0 N–H and O–H groups in total. The van der Waals surface area contributed by atoms with Crippen LogP contribution in [0.25, 0.3) is 79.7 Å². The molecule has 12 aromatic rings. The van der Waals surface area contributed by atoms with Crippen LogP contribution in [0, 0.1) is 0 Å². The van der Waals surface area contributed by atoms with Crippen LogP contribution in [0.5, 0.6) is 0 Å². The van der Waals surface area contributed by atoms with Gasteiger partial charge in [0.1, 0.15) is 0 Å². The van der Waals surface area contributed by atoms with Crippen LogP contribution < -0.4 is 25.5 Å². The number of aromatic nitrogens is 1. The van der Waals surface area contributed by atoms with E-state index < -0.39 is 0 Å². The van der Waals surface area contributed by atoms with Gasteiger partial charge >= 0.3 is 0 Å². The van der Waals surface area contributed by atoms with Crippen molar-refractivity contribution < 1.29 is 0 Å². The quantitative estimate of drug-likeness (QED) is 0.163. The van der Waals surface area contributed by atoms with Gasteiger partial charge in [0, 0.05) is 74.2 Å². The number of benzene rings is 9. The van der Waals surface area contributed by atoms with E-state index in [9.17, 15) is 0 Å². The lowest BCUT2D eigenvalue weighted by atomic mass is 9.36. The normalized spacial score (nSPS) is 14.2. The molecule has 2 aliphatic heterocycles. The van der Waals surface area contributed by atoms with E-state index in [0.717, 1.165) is 5.69 Å². The summed E-state index contributed by atoms with van der Waals surface area (Å²) in [7, 11) is 0. The summed E-state index contributed by atoms with van der Waals surface area (Å²) in [5, 5.41) is 9.41. The molecule has 9 aromatic carbocycles. The van der Waals surface area contributed by atoms with Crippen molar-refractivity contribution in [2.24, 2.45) is 0 Å². The smallest absolute Gasteiger partial charge is 0.264 e. The fourth-order valence-electron chi connectivity index (χ4n) is 13.3. The standard InChI is InChI=1S/C70H62BN3S2/c1-67(2,3)40-20-26-44(27-21-40)72-51-31-24-43(70(10,11)12)36-50(51)71-64-54(72)37-46(38-55(64)74(45-28-22-41(23-29-45)68(4,5)6)65-49-35-42(69(7,8)9)25-33-56(49)76-66(65)71)73-52-30-19-39-15-13-16-47-48-17-14-18-57-60(48)63-58(75-57)34-32-53(73)62(63)61(52)59(39)47/h13-38H,1-12H3. The Bertz CT molecular complexity index is 4500. The van der Waals surface area contributed by atoms with E-state index in [-0.39, 0.29) is 28.4 Å². The van der Waals surface area contributed by atoms with Gasteiger partial charge in [0.15, 0.2) is 0 Å². The van der Waals surface area contributed by atoms with Crippen LogP contribution in [-0.4, -0.2) is 11.3 Å². The van der Waals surface area contributed by atoms with Crippen molar-refractivity contribution in [3.63, 3.8) is 0 Å². The van der Waals surface area contributed by atoms with Gasteiger partial charge in [-0.1, -0.05) is 162 Å². The Morgan fingerprint density at radius 2 is 0.908 bits per heavy atom. The number of hydrogen-bond acceptors (Lipinski definition) is 4. The molecule has 76 heavy (non-hydrogen) atoms. The van der Waals surface area contributed by atoms with E-state index in [0.29, 0.717) is 0 Å². The van der Waals surface area contributed by atoms with Gasteiger partial charge in [0.2, 0.25) is 0 Å². The number of rotatable bonds is 3. The van der Waals surface area contributed by atoms with Gasteiger partial charge < -0.3 is 14.4 Å². The number of anilines is 6. The Hall–Kier alpha value is -7.12. The summed E-state index contributed by atoms with van der Waals surface area (Å²) in [5.74, 6) is 0. The monoisotopic (exact) mass is 1020 g/mol. The molecule has 0 spiro atoms. The molecule has 0 bridgehead atoms. The highest BCUT2D eigenvalue weighted by Gasteiger charge is 2.46. The number of fused-ring (bicyclic) bond motifs is 7. The minimum Gasteiger partial charge on any atom is -0.311 e. The summed E-state index contributed by atoms with van der Waals surface area (Å²) in [6, 6.07) is 62.3. The second-order valence-electron chi connectivity index (χ2n) is 26.2. The molecule has 3 aliphatic rings. The molecule has 3 aromatic heterocycles. The van der Waals surface area contributed by atoms with E-state index in [1.54, 1.807) is 0 Å². The zero-order valence-electron chi connectivity index (χ0n) is 45.7. The van der Waals surface area contributed by atoms with Crippen molar-refractivity contribution in [1.29, 1.82) is 0 Å². The van der Waals surface area contributed by atoms with Crippen molar-refractivity contribution in [3.05, 3.63) is 180 Å². The first-order chi connectivity index (χ1) is 36.2. The predicted octanol–water partition coefficient (Wildman–Crippen LogP) is 18.8. The Morgan fingerprint density at radius 1 is 0.382 bits per heavy atom. The van der Waals surface area contributed by atoms with E-state index in [4.69, 9.17) is 0 Å². The van der Waals surface area contributed by atoms with Gasteiger partial charge in [-0.2, -0.15) is 0 Å². The average Bonchev–Trinajstić information content (AvgIpc) is 4.24. The second kappa shape index (κ2) is 15.3. The summed E-state index contributed by atoms with van der Waals surface area (Å²) in [4.78, 5) is 5.29. The summed E-state index contributed by atoms with van der Waals surface area (Å²) in [6.45, 7) is 28.0. The fraction of sp³-hybridized carbons (Fsp3) is 0.229. The number of hydrogen-bond donors (Lipinski definition) is 0. The third kappa shape index (κ3) is 6.41. The van der Waals surface area contributed by atoms with Crippen molar-refractivity contribution in [1.82, 2.24) is 4.57 Å². The topological polar surface area (TPSA) is 11.4 Å². The Morgan fingerprint density at radius 3 is 1.57 bits per heavy atom. The van der Waals surface area contributed by atoms with Gasteiger partial charge in [-0.3, -0.25) is 0 Å². The summed E-state index contributed by atoms with van der Waals surface area (Å²) >= 11 is 3.92. The van der Waals surface area contributed by atoms with Crippen molar-refractivity contribution in [2.45, 2.75) is 105 Å². The fourth-order valence-corrected chi connectivity index (χ4v) is 15.7. The molecule has 0 unspecified atom stereocenters. The maximum absolute atomic E-state index is 2.67. The molecular weight excluding hydrogens is 958 g/mol. The van der Waals surface area contributed by atoms with Crippen LogP contribution in [0.1, 0.15) is 105 Å². The van der Waals surface area contributed by atoms with E-state index in [1.165, 1.54) is 146 Å². The molecular formula is C70H62BN3S2. The van der Waals surface area contributed by atoms with Gasteiger partial charge in [0.05, 0.1) is 22.4 Å². The third-order valence-corrected chi connectivity index (χ3v) is 19.7. The lowest BCUT2D eigenvalue weighted by Crippen LogP contribution is -2.60. The molecule has 6 heteroatoms. The van der Waals surface area contributed by atoms with Crippen LogP contribution in [0.15, 0.2) is 158 Å². The van der Waals surface area contributed by atoms with Crippen LogP contribution in [0.2, 0.25) is 0 Å². The van der Waals surface area contributed by atoms with E-state index in [2.05, 4.69) is 255 Å². The summed E-state index contributed by atoms with van der Waals surface area (Å²) < 4.78 is 8.04. The SMILES string of the molecule is CC(C)(C)c1ccc(N2c3ccc(C(C)(C)C)cc3B3c4sc5ccc(C(C)(C)C)cc5c4N(c4ccc(C(C)(C)C)cc4)c4cc(-n5c6ccc7cccc8c7c6c6c7c(ccc65)sc5cccc-8c57)cc2c43)cc1. The van der Waals surface area contributed by atoms with Crippen molar-refractivity contribution >= 4 is 142 Å². The molecule has 0 fully saturated rings. The first-order valence-corrected chi connectivity index (χ1v) is 28.9. The third-order valence-electron chi connectivity index (χ3n) is 17.3. The Kier molecular flexibility index (Phi) is 9.30. The highest BCUT2D eigenvalue weighted by atomic mass is 32.1. The van der Waals surface area contributed by atoms with Gasteiger partial charge in [0.25, 0.3) is 6.71 Å². The molecule has 372 valence electrons. The van der Waals surface area contributed by atoms with Crippen molar-refractivity contribution in [3.8, 4) is 16.8 Å². The molecule has 0 amide bonds. The summed E-state index contributed by atoms with van der Waals surface area (Å²) in [5.41, 5.74) is 21.6. The molecule has 5 heterocycles. The van der Waals surface area contributed by atoms with Gasteiger partial charge in [-0.15, -0.1) is 22.7 Å². The van der Waals surface area contributed by atoms with Gasteiger partial charge in [-0.25, -0.2) is 0 Å². The van der Waals surface area contributed by atoms with Crippen LogP contribution >= 0.6 is 22.7 Å². The largest absolute Gasteiger partial charge is 0.311 e. The molecule has 1 aliphatic carbocycles. The maximum atomic E-state index is 2.67. The maximum Gasteiger partial charge on any atom is 0.264 e. The highest BCUT2D eigenvalue weighted by Crippen LogP contribution is 2.54. The lowest BCUT2D eigenvalue weighted by molar-refractivity contribution is 0.590. The van der Waals surface area contributed by atoms with E-state index >= 15 is 0 Å². The summed E-state index contributed by atoms with van der Waals surface area (Å²) in [6.07, 6.45) is 0. The first kappa shape index (κ1) is 46.2. The molecule has 0 saturated heterocycles. The predicted molar refractivity (Wildman–Crippen MR) is 334 cm³/mol. The minimum absolute atomic E-state index is 0.00702. The van der Waals surface area contributed by atoms with Crippen LogP contribution in [0.3, 0.4) is 0 Å². The molecule has 3 nitrogen and oxygen atoms in total. The molecule has 15 rings (SSSR count). The Balaban J connectivity index is 1.12.